The molecule has 0 spiro atoms. The highest BCUT2D eigenvalue weighted by atomic mass is 32.1. The second-order valence-corrected chi connectivity index (χ2v) is 8.28. The first kappa shape index (κ1) is 22.2. The summed E-state index contributed by atoms with van der Waals surface area (Å²) in [6.45, 7) is -0.00199. The fourth-order valence-electron chi connectivity index (χ4n) is 3.41. The van der Waals surface area contributed by atoms with E-state index < -0.39 is 5.97 Å². The number of aromatic nitrogens is 2. The van der Waals surface area contributed by atoms with Gasteiger partial charge >= 0.3 is 5.97 Å². The van der Waals surface area contributed by atoms with Crippen molar-refractivity contribution in [2.24, 2.45) is 10.1 Å². The van der Waals surface area contributed by atoms with Crippen molar-refractivity contribution in [3.05, 3.63) is 88.3 Å². The molecule has 9 nitrogen and oxygen atoms in total. The third-order valence-electron chi connectivity index (χ3n) is 5.12. The van der Waals surface area contributed by atoms with Gasteiger partial charge in [-0.15, -0.1) is 11.3 Å². The molecule has 1 N–H and O–H groups in total. The van der Waals surface area contributed by atoms with Crippen LogP contribution in [0.1, 0.15) is 15.9 Å². The maximum absolute atomic E-state index is 11.8. The number of benzene rings is 2. The Morgan fingerprint density at radius 3 is 2.86 bits per heavy atom. The molecule has 0 fully saturated rings. The number of fused-ring (bicyclic) bond motifs is 1. The first-order valence-corrected chi connectivity index (χ1v) is 11.4. The van der Waals surface area contributed by atoms with E-state index >= 15 is 0 Å². The predicted molar refractivity (Wildman–Crippen MR) is 132 cm³/mol. The predicted octanol–water partition coefficient (Wildman–Crippen LogP) is 3.84. The Labute approximate surface area is 204 Å². The average Bonchev–Trinajstić information content (AvgIpc) is 3.29. The molecule has 0 saturated heterocycles. The van der Waals surface area contributed by atoms with Crippen molar-refractivity contribution in [3.8, 4) is 17.0 Å². The van der Waals surface area contributed by atoms with E-state index in [-0.39, 0.29) is 12.5 Å². The molecule has 174 valence electrons. The summed E-state index contributed by atoms with van der Waals surface area (Å²) in [7, 11) is 1.35. The van der Waals surface area contributed by atoms with Crippen LogP contribution >= 0.6 is 11.3 Å². The molecule has 5 rings (SSSR count). The smallest absolute Gasteiger partial charge is 0.337 e. The van der Waals surface area contributed by atoms with Crippen LogP contribution in [-0.4, -0.2) is 41.5 Å². The second-order valence-electron chi connectivity index (χ2n) is 7.44. The topological polar surface area (TPSA) is 107 Å². The number of esters is 1. The molecule has 3 heterocycles. The van der Waals surface area contributed by atoms with Gasteiger partial charge in [-0.2, -0.15) is 5.10 Å². The Morgan fingerprint density at radius 2 is 2.09 bits per heavy atom. The molecule has 1 aliphatic heterocycles. The van der Waals surface area contributed by atoms with Gasteiger partial charge in [0.2, 0.25) is 4.80 Å². The lowest BCUT2D eigenvalue weighted by atomic mass is 10.1. The lowest BCUT2D eigenvalue weighted by molar-refractivity contribution is -0.118. The molecule has 0 unspecified atom stereocenters. The first-order chi connectivity index (χ1) is 17.1. The van der Waals surface area contributed by atoms with Crippen molar-refractivity contribution in [2.75, 3.05) is 19.0 Å². The number of methoxy groups -OCH3 is 1. The van der Waals surface area contributed by atoms with Crippen molar-refractivity contribution in [2.45, 2.75) is 0 Å². The van der Waals surface area contributed by atoms with Crippen LogP contribution in [-0.2, 0) is 9.53 Å². The summed E-state index contributed by atoms with van der Waals surface area (Å²) < 4.78 is 11.9. The first-order valence-electron chi connectivity index (χ1n) is 10.6. The molecule has 4 aromatic rings. The van der Waals surface area contributed by atoms with Crippen LogP contribution in [0.2, 0.25) is 0 Å². The molecule has 0 radical (unpaired) electrons. The quantitative estimate of drug-likeness (QED) is 0.341. The number of hydrogen-bond acceptors (Lipinski definition) is 8. The van der Waals surface area contributed by atoms with Gasteiger partial charge in [0, 0.05) is 17.1 Å². The average molecular weight is 486 g/mol. The second kappa shape index (κ2) is 9.74. The highest BCUT2D eigenvalue weighted by Crippen LogP contribution is 2.33. The summed E-state index contributed by atoms with van der Waals surface area (Å²) in [4.78, 5) is 32.9. The van der Waals surface area contributed by atoms with Crippen LogP contribution in [0.5, 0.6) is 5.75 Å². The molecule has 2 aromatic heterocycles. The minimum absolute atomic E-state index is 0.00199. The fraction of sp³-hybridized carbons (Fsp3) is 0.0800. The van der Waals surface area contributed by atoms with Crippen LogP contribution in [0.15, 0.2) is 82.5 Å². The molecular weight excluding hydrogens is 466 g/mol. The van der Waals surface area contributed by atoms with Gasteiger partial charge in [0.25, 0.3) is 5.91 Å². The molecule has 35 heavy (non-hydrogen) atoms. The summed E-state index contributed by atoms with van der Waals surface area (Å²) in [5, 5.41) is 9.46. The molecule has 1 amide bonds. The summed E-state index contributed by atoms with van der Waals surface area (Å²) in [6.07, 6.45) is 5.04. The number of nitrogens with zero attached hydrogens (tertiary/aromatic N) is 4. The monoisotopic (exact) mass is 485 g/mol. The number of carbonyl (C=O) groups is 2. The third-order valence-corrected chi connectivity index (χ3v) is 5.93. The van der Waals surface area contributed by atoms with Gasteiger partial charge in [-0.25, -0.2) is 14.5 Å². The van der Waals surface area contributed by atoms with Gasteiger partial charge in [0.05, 0.1) is 42.2 Å². The number of amides is 1. The standard InChI is InChI=1S/C25H19N5O4S/c1-33-24(32)17-6-4-16(5-7-17)12-27-30-21(15-35-25(30)28-19-3-2-10-26-13-19)18-8-9-22-20(11-18)29-23(31)14-34-22/h2-13,15H,14H2,1H3,(H,29,31). The van der Waals surface area contributed by atoms with Crippen LogP contribution in [0.4, 0.5) is 11.4 Å². The number of nitrogens with one attached hydrogen (secondary N) is 1. The number of thiazole rings is 1. The number of ether oxygens (including phenoxy) is 2. The maximum Gasteiger partial charge on any atom is 0.337 e. The minimum atomic E-state index is -0.399. The van der Waals surface area contributed by atoms with E-state index in [1.807, 2.05) is 35.7 Å². The Bertz CT molecular complexity index is 1490. The van der Waals surface area contributed by atoms with E-state index in [0.29, 0.717) is 27.5 Å². The summed E-state index contributed by atoms with van der Waals surface area (Å²) in [5.41, 5.74) is 4.15. The minimum Gasteiger partial charge on any atom is -0.482 e. The van der Waals surface area contributed by atoms with Crippen molar-refractivity contribution >= 4 is 40.8 Å². The highest BCUT2D eigenvalue weighted by Gasteiger charge is 2.18. The largest absolute Gasteiger partial charge is 0.482 e. The molecule has 0 aliphatic carbocycles. The SMILES string of the molecule is COC(=O)c1ccc(C=Nn2c(-c3ccc4c(c3)NC(=O)CO4)csc2=Nc2cccnc2)cc1. The Hall–Kier alpha value is -4.57. The van der Waals surface area contributed by atoms with E-state index in [4.69, 9.17) is 14.5 Å². The van der Waals surface area contributed by atoms with Crippen molar-refractivity contribution in [1.82, 2.24) is 9.66 Å². The number of pyridine rings is 1. The normalized spacial score (nSPS) is 13.3. The molecule has 10 heteroatoms. The summed E-state index contributed by atoms with van der Waals surface area (Å²) in [6, 6.07) is 16.2. The van der Waals surface area contributed by atoms with E-state index in [0.717, 1.165) is 16.8 Å². The molecular formula is C25H19N5O4S. The number of carbonyl (C=O) groups excluding carboxylic acids is 2. The zero-order valence-electron chi connectivity index (χ0n) is 18.5. The lowest BCUT2D eigenvalue weighted by Crippen LogP contribution is -2.25. The van der Waals surface area contributed by atoms with Gasteiger partial charge in [-0.3, -0.25) is 9.78 Å². The molecule has 2 aromatic carbocycles. The highest BCUT2D eigenvalue weighted by molar-refractivity contribution is 7.07. The third kappa shape index (κ3) is 4.87. The van der Waals surface area contributed by atoms with Gasteiger partial charge in [0.1, 0.15) is 5.75 Å². The van der Waals surface area contributed by atoms with E-state index in [2.05, 4.69) is 15.4 Å². The summed E-state index contributed by atoms with van der Waals surface area (Å²) >= 11 is 1.42. The zero-order chi connectivity index (χ0) is 24.2. The molecule has 0 bridgehead atoms. The van der Waals surface area contributed by atoms with Gasteiger partial charge in [0.15, 0.2) is 6.61 Å². The van der Waals surface area contributed by atoms with Crippen LogP contribution in [0.3, 0.4) is 0 Å². The van der Waals surface area contributed by atoms with Crippen molar-refractivity contribution < 1.29 is 19.1 Å². The van der Waals surface area contributed by atoms with Crippen LogP contribution < -0.4 is 14.9 Å². The zero-order valence-corrected chi connectivity index (χ0v) is 19.4. The Morgan fingerprint density at radius 1 is 1.23 bits per heavy atom. The Balaban J connectivity index is 1.57. The molecule has 0 atom stereocenters. The van der Waals surface area contributed by atoms with Crippen molar-refractivity contribution in [3.63, 3.8) is 0 Å². The van der Waals surface area contributed by atoms with E-state index in [1.165, 1.54) is 18.4 Å². The maximum atomic E-state index is 11.8. The fourth-order valence-corrected chi connectivity index (χ4v) is 4.26. The van der Waals surface area contributed by atoms with E-state index in [9.17, 15) is 9.59 Å². The summed E-state index contributed by atoms with van der Waals surface area (Å²) in [5.74, 6) is 0.0159. The van der Waals surface area contributed by atoms with Gasteiger partial charge in [-0.1, -0.05) is 12.1 Å². The van der Waals surface area contributed by atoms with Gasteiger partial charge in [-0.05, 0) is 48.0 Å². The number of hydrogen-bond donors (Lipinski definition) is 1. The lowest BCUT2D eigenvalue weighted by Gasteiger charge is -2.18. The van der Waals surface area contributed by atoms with Crippen LogP contribution in [0.25, 0.3) is 11.3 Å². The van der Waals surface area contributed by atoms with Crippen molar-refractivity contribution in [1.29, 1.82) is 0 Å². The number of anilines is 1. The molecule has 0 saturated carbocycles. The number of rotatable bonds is 5. The Kier molecular flexibility index (Phi) is 6.18. The molecule has 1 aliphatic rings. The van der Waals surface area contributed by atoms with Crippen LogP contribution in [0, 0.1) is 0 Å². The van der Waals surface area contributed by atoms with E-state index in [1.54, 1.807) is 47.5 Å². The van der Waals surface area contributed by atoms with Gasteiger partial charge < -0.3 is 14.8 Å².